The van der Waals surface area contributed by atoms with Crippen molar-refractivity contribution in [2.45, 2.75) is 44.2 Å². The van der Waals surface area contributed by atoms with Crippen molar-refractivity contribution < 1.29 is 14.3 Å². The van der Waals surface area contributed by atoms with E-state index in [0.29, 0.717) is 29.6 Å². The zero-order valence-corrected chi connectivity index (χ0v) is 14.9. The van der Waals surface area contributed by atoms with Gasteiger partial charge in [-0.15, -0.1) is 5.10 Å². The molecule has 0 spiro atoms. The van der Waals surface area contributed by atoms with Crippen LogP contribution in [0.2, 0.25) is 0 Å². The number of nitrogens with zero attached hydrogens (tertiary/aromatic N) is 4. The van der Waals surface area contributed by atoms with Gasteiger partial charge in [0.1, 0.15) is 0 Å². The second-order valence-electron chi connectivity index (χ2n) is 6.08. The highest BCUT2D eigenvalue weighted by molar-refractivity contribution is 7.99. The van der Waals surface area contributed by atoms with Crippen molar-refractivity contribution >= 4 is 23.8 Å². The predicted octanol–water partition coefficient (Wildman–Crippen LogP) is 2.15. The summed E-state index contributed by atoms with van der Waals surface area (Å²) >= 11 is 1.42. The van der Waals surface area contributed by atoms with Crippen molar-refractivity contribution in [3.05, 3.63) is 5.82 Å². The van der Waals surface area contributed by atoms with Gasteiger partial charge in [-0.1, -0.05) is 32.5 Å². The summed E-state index contributed by atoms with van der Waals surface area (Å²) in [6, 6.07) is -0.238. The van der Waals surface area contributed by atoms with Crippen LogP contribution >= 0.6 is 11.8 Å². The molecule has 0 N–H and O–H groups in total. The molecule has 124 valence electrons. The molecular weight excluding hydrogens is 304 g/mol. The lowest BCUT2D eigenvalue weighted by Gasteiger charge is -2.13. The molecular formula is C14H24N4O3S. The van der Waals surface area contributed by atoms with E-state index in [1.165, 1.54) is 28.5 Å². The van der Waals surface area contributed by atoms with Gasteiger partial charge >= 0.3 is 12.0 Å². The molecule has 7 nitrogen and oxygen atoms in total. The number of thioether (sulfide) groups is 1. The maximum absolute atomic E-state index is 12.2. The lowest BCUT2D eigenvalue weighted by Crippen LogP contribution is -2.29. The van der Waals surface area contributed by atoms with Crippen LogP contribution in [0.4, 0.5) is 4.79 Å². The van der Waals surface area contributed by atoms with Gasteiger partial charge in [0, 0.05) is 31.7 Å². The molecule has 0 saturated carbocycles. The van der Waals surface area contributed by atoms with Crippen LogP contribution in [-0.4, -0.2) is 58.6 Å². The summed E-state index contributed by atoms with van der Waals surface area (Å²) in [5.41, 5.74) is -0.237. The summed E-state index contributed by atoms with van der Waals surface area (Å²) in [5.74, 6) is 1.05. The van der Waals surface area contributed by atoms with Crippen molar-refractivity contribution in [1.29, 1.82) is 0 Å². The van der Waals surface area contributed by atoms with Crippen molar-refractivity contribution in [1.82, 2.24) is 19.7 Å². The number of hydrogen-bond donors (Lipinski definition) is 0. The fraction of sp³-hybridized carbons (Fsp3) is 0.714. The van der Waals surface area contributed by atoms with Gasteiger partial charge in [0.25, 0.3) is 0 Å². The van der Waals surface area contributed by atoms with Crippen molar-refractivity contribution in [2.75, 3.05) is 27.0 Å². The molecule has 0 aliphatic carbocycles. The molecule has 1 aromatic rings. The number of hydrogen-bond acceptors (Lipinski definition) is 6. The molecule has 8 heteroatoms. The Hall–Kier alpha value is -1.57. The van der Waals surface area contributed by atoms with E-state index in [0.717, 1.165) is 0 Å². The SMILES string of the molecule is COC(=O)CCCSc1nc(C(C)(C)C)nn1C(=O)N(C)C. The van der Waals surface area contributed by atoms with Gasteiger partial charge in [0.15, 0.2) is 11.0 Å². The average molecular weight is 328 g/mol. The molecule has 0 aliphatic rings. The van der Waals surface area contributed by atoms with E-state index in [4.69, 9.17) is 0 Å². The second kappa shape index (κ2) is 7.62. The minimum Gasteiger partial charge on any atom is -0.469 e. The number of esters is 1. The Labute approximate surface area is 135 Å². The molecule has 1 rings (SSSR count). The Morgan fingerprint density at radius 3 is 2.45 bits per heavy atom. The molecule has 0 bridgehead atoms. The van der Waals surface area contributed by atoms with Crippen molar-refractivity contribution in [3.8, 4) is 0 Å². The Morgan fingerprint density at radius 1 is 1.32 bits per heavy atom. The summed E-state index contributed by atoms with van der Waals surface area (Å²) < 4.78 is 5.93. The Bertz CT molecular complexity index is 535. The van der Waals surface area contributed by atoms with E-state index in [2.05, 4.69) is 14.8 Å². The molecule has 0 radical (unpaired) electrons. The molecule has 0 aromatic carbocycles. The van der Waals surface area contributed by atoms with E-state index in [1.807, 2.05) is 20.8 Å². The summed E-state index contributed by atoms with van der Waals surface area (Å²) in [5, 5.41) is 4.88. The first-order valence-corrected chi connectivity index (χ1v) is 8.04. The molecule has 0 unspecified atom stereocenters. The van der Waals surface area contributed by atoms with E-state index in [-0.39, 0.29) is 17.4 Å². The normalized spacial score (nSPS) is 11.4. The minimum atomic E-state index is -0.238. The van der Waals surface area contributed by atoms with E-state index < -0.39 is 0 Å². The highest BCUT2D eigenvalue weighted by Gasteiger charge is 2.25. The highest BCUT2D eigenvalue weighted by atomic mass is 32.2. The smallest absolute Gasteiger partial charge is 0.346 e. The van der Waals surface area contributed by atoms with Crippen LogP contribution in [0, 0.1) is 0 Å². The van der Waals surface area contributed by atoms with Gasteiger partial charge < -0.3 is 9.64 Å². The molecule has 1 aromatic heterocycles. The van der Waals surface area contributed by atoms with Gasteiger partial charge in [-0.3, -0.25) is 4.79 Å². The van der Waals surface area contributed by atoms with Gasteiger partial charge in [-0.2, -0.15) is 4.68 Å². The Kier molecular flexibility index (Phi) is 6.40. The van der Waals surface area contributed by atoms with Crippen LogP contribution in [-0.2, 0) is 14.9 Å². The van der Waals surface area contributed by atoms with E-state index in [9.17, 15) is 9.59 Å². The van der Waals surface area contributed by atoms with Crippen molar-refractivity contribution in [3.63, 3.8) is 0 Å². The number of amides is 1. The highest BCUT2D eigenvalue weighted by Crippen LogP contribution is 2.24. The monoisotopic (exact) mass is 328 g/mol. The largest absolute Gasteiger partial charge is 0.469 e. The minimum absolute atomic E-state index is 0.234. The van der Waals surface area contributed by atoms with Crippen LogP contribution in [0.1, 0.15) is 39.4 Å². The van der Waals surface area contributed by atoms with Gasteiger partial charge in [-0.05, 0) is 6.42 Å². The molecule has 0 aliphatic heterocycles. The molecule has 1 heterocycles. The molecule has 1 amide bonds. The lowest BCUT2D eigenvalue weighted by molar-refractivity contribution is -0.140. The van der Waals surface area contributed by atoms with Crippen molar-refractivity contribution in [2.24, 2.45) is 0 Å². The topological polar surface area (TPSA) is 77.3 Å². The second-order valence-corrected chi connectivity index (χ2v) is 7.15. The number of rotatable bonds is 5. The number of carbonyl (C=O) groups excluding carboxylic acids is 2. The summed E-state index contributed by atoms with van der Waals surface area (Å²) in [4.78, 5) is 29.2. The number of methoxy groups -OCH3 is 1. The molecule has 0 fully saturated rings. The molecule has 22 heavy (non-hydrogen) atoms. The van der Waals surface area contributed by atoms with Crippen LogP contribution < -0.4 is 0 Å². The molecule has 0 saturated heterocycles. The predicted molar refractivity (Wildman–Crippen MR) is 85.2 cm³/mol. The maximum atomic E-state index is 12.2. The van der Waals surface area contributed by atoms with Crippen LogP contribution in [0.15, 0.2) is 5.16 Å². The lowest BCUT2D eigenvalue weighted by atomic mass is 9.96. The summed E-state index contributed by atoms with van der Waals surface area (Å²) in [6.45, 7) is 6.00. The van der Waals surface area contributed by atoms with E-state index in [1.54, 1.807) is 14.1 Å². The van der Waals surface area contributed by atoms with Gasteiger partial charge in [-0.25, -0.2) is 9.78 Å². The number of carbonyl (C=O) groups is 2. The zero-order chi connectivity index (χ0) is 16.9. The summed E-state index contributed by atoms with van der Waals surface area (Å²) in [6.07, 6.45) is 1.01. The van der Waals surface area contributed by atoms with Crippen LogP contribution in [0.5, 0.6) is 0 Å². The first-order valence-electron chi connectivity index (χ1n) is 7.05. The third-order valence-corrected chi connectivity index (χ3v) is 3.81. The number of aromatic nitrogens is 3. The summed E-state index contributed by atoms with van der Waals surface area (Å²) in [7, 11) is 4.72. The average Bonchev–Trinajstić information content (AvgIpc) is 2.86. The standard InChI is InChI=1S/C14H24N4O3S/c1-14(2,3)11-15-12(18(16-11)13(20)17(4)5)22-9-7-8-10(19)21-6/h7-9H2,1-6H3. The molecule has 0 atom stereocenters. The van der Waals surface area contributed by atoms with E-state index >= 15 is 0 Å². The van der Waals surface area contributed by atoms with Crippen LogP contribution in [0.25, 0.3) is 0 Å². The zero-order valence-electron chi connectivity index (χ0n) is 14.0. The fourth-order valence-corrected chi connectivity index (χ4v) is 2.37. The fourth-order valence-electron chi connectivity index (χ4n) is 1.50. The first kappa shape index (κ1) is 18.5. The van der Waals surface area contributed by atoms with Gasteiger partial charge in [0.2, 0.25) is 0 Å². The third kappa shape index (κ3) is 5.01. The Balaban J connectivity index is 2.85. The number of ether oxygens (including phenoxy) is 1. The van der Waals surface area contributed by atoms with Crippen LogP contribution in [0.3, 0.4) is 0 Å². The quantitative estimate of drug-likeness (QED) is 0.468. The van der Waals surface area contributed by atoms with Gasteiger partial charge in [0.05, 0.1) is 7.11 Å². The first-order chi connectivity index (χ1) is 10.2. The third-order valence-electron chi connectivity index (χ3n) is 2.80. The Morgan fingerprint density at radius 2 is 1.95 bits per heavy atom. The maximum Gasteiger partial charge on any atom is 0.346 e.